The lowest BCUT2D eigenvalue weighted by atomic mass is 9.99. The zero-order chi connectivity index (χ0) is 12.4. The van der Waals surface area contributed by atoms with Gasteiger partial charge in [-0.1, -0.05) is 0 Å². The summed E-state index contributed by atoms with van der Waals surface area (Å²) in [5.74, 6) is 1.10. The molecule has 0 radical (unpaired) electrons. The third-order valence-corrected chi connectivity index (χ3v) is 4.46. The number of nitrogens with two attached hydrogens (primary N) is 1. The Hall–Kier alpha value is -1.20. The highest BCUT2D eigenvalue weighted by atomic mass is 32.1. The molecule has 0 spiro atoms. The molecule has 0 aromatic carbocycles. The monoisotopic (exact) mass is 262 g/mol. The van der Waals surface area contributed by atoms with Crippen LogP contribution in [0.5, 0.6) is 0 Å². The van der Waals surface area contributed by atoms with E-state index in [1.807, 2.05) is 0 Å². The van der Waals surface area contributed by atoms with Gasteiger partial charge in [0.25, 0.3) is 0 Å². The van der Waals surface area contributed by atoms with Gasteiger partial charge in [0.15, 0.2) is 0 Å². The average Bonchev–Trinajstić information content (AvgIpc) is 2.88. The molecule has 2 aromatic rings. The van der Waals surface area contributed by atoms with Gasteiger partial charge in [-0.15, -0.1) is 11.3 Å². The van der Waals surface area contributed by atoms with Crippen LogP contribution in [-0.2, 0) is 0 Å². The van der Waals surface area contributed by atoms with Gasteiger partial charge in [-0.25, -0.2) is 9.97 Å². The fourth-order valence-corrected chi connectivity index (χ4v) is 3.51. The number of hydrogen-bond acceptors (Lipinski definition) is 5. The Bertz CT molecular complexity index is 522. The van der Waals surface area contributed by atoms with Gasteiger partial charge in [0.05, 0.1) is 5.39 Å². The third kappa shape index (κ3) is 2.08. The van der Waals surface area contributed by atoms with E-state index in [9.17, 15) is 0 Å². The maximum Gasteiger partial charge on any atom is 0.141 e. The Labute approximate surface area is 111 Å². The first-order chi connectivity index (χ1) is 8.90. The second-order valence-corrected chi connectivity index (χ2v) is 5.65. The van der Waals surface area contributed by atoms with Gasteiger partial charge in [-0.05, 0) is 43.7 Å². The topological polar surface area (TPSA) is 55.0 Å². The van der Waals surface area contributed by atoms with Crippen molar-refractivity contribution in [1.29, 1.82) is 0 Å². The van der Waals surface area contributed by atoms with Crippen molar-refractivity contribution in [3.05, 3.63) is 17.8 Å². The highest BCUT2D eigenvalue weighted by Gasteiger charge is 2.24. The number of nitrogens with zero attached hydrogens (tertiary/aromatic N) is 3. The van der Waals surface area contributed by atoms with Crippen molar-refractivity contribution < 1.29 is 0 Å². The molecular formula is C13H18N4S. The van der Waals surface area contributed by atoms with E-state index in [0.29, 0.717) is 6.04 Å². The van der Waals surface area contributed by atoms with Gasteiger partial charge in [0.2, 0.25) is 0 Å². The molecule has 18 heavy (non-hydrogen) atoms. The molecule has 1 aliphatic heterocycles. The Morgan fingerprint density at radius 3 is 3.22 bits per heavy atom. The standard InChI is InChI=1S/C13H18N4S/c14-6-4-10-3-1-2-7-17(10)12-11-5-8-18-13(11)16-9-15-12/h5,8-10H,1-4,6-7,14H2. The summed E-state index contributed by atoms with van der Waals surface area (Å²) in [6.07, 6.45) is 6.51. The Morgan fingerprint density at radius 1 is 1.39 bits per heavy atom. The molecule has 3 heterocycles. The van der Waals surface area contributed by atoms with Crippen LogP contribution in [0.3, 0.4) is 0 Å². The van der Waals surface area contributed by atoms with Gasteiger partial charge in [0, 0.05) is 12.6 Å². The minimum absolute atomic E-state index is 0.543. The number of thiophene rings is 1. The lowest BCUT2D eigenvalue weighted by Crippen LogP contribution is -2.41. The fraction of sp³-hybridized carbons (Fsp3) is 0.538. The normalized spacial score (nSPS) is 20.5. The molecule has 96 valence electrons. The summed E-state index contributed by atoms with van der Waals surface area (Å²) in [5.41, 5.74) is 5.73. The van der Waals surface area contributed by atoms with Crippen molar-refractivity contribution in [2.45, 2.75) is 31.7 Å². The van der Waals surface area contributed by atoms with E-state index in [1.54, 1.807) is 17.7 Å². The number of fused-ring (bicyclic) bond motifs is 1. The summed E-state index contributed by atoms with van der Waals surface area (Å²) in [4.78, 5) is 12.4. The maximum atomic E-state index is 5.73. The Kier molecular flexibility index (Phi) is 3.43. The highest BCUT2D eigenvalue weighted by molar-refractivity contribution is 7.16. The average molecular weight is 262 g/mol. The van der Waals surface area contributed by atoms with Crippen molar-refractivity contribution in [2.24, 2.45) is 5.73 Å². The lowest BCUT2D eigenvalue weighted by molar-refractivity contribution is 0.440. The first-order valence-corrected chi connectivity index (χ1v) is 7.43. The zero-order valence-electron chi connectivity index (χ0n) is 10.4. The van der Waals surface area contributed by atoms with Crippen molar-refractivity contribution in [1.82, 2.24) is 9.97 Å². The zero-order valence-corrected chi connectivity index (χ0v) is 11.2. The molecular weight excluding hydrogens is 244 g/mol. The molecule has 3 rings (SSSR count). The molecule has 1 aliphatic rings. The SMILES string of the molecule is NCCC1CCCCN1c1ncnc2sccc12. The minimum atomic E-state index is 0.543. The molecule has 0 aliphatic carbocycles. The summed E-state index contributed by atoms with van der Waals surface area (Å²) in [6.45, 7) is 1.84. The quantitative estimate of drug-likeness (QED) is 0.923. The second-order valence-electron chi connectivity index (χ2n) is 4.76. The molecule has 1 unspecified atom stereocenters. The molecule has 0 amide bonds. The summed E-state index contributed by atoms with van der Waals surface area (Å²) in [7, 11) is 0. The van der Waals surface area contributed by atoms with Crippen LogP contribution in [0.2, 0.25) is 0 Å². The van der Waals surface area contributed by atoms with Gasteiger partial charge in [-0.3, -0.25) is 0 Å². The van der Waals surface area contributed by atoms with Crippen molar-refractivity contribution in [2.75, 3.05) is 18.0 Å². The molecule has 0 saturated carbocycles. The maximum absolute atomic E-state index is 5.73. The molecule has 5 heteroatoms. The molecule has 2 aromatic heterocycles. The summed E-state index contributed by atoms with van der Waals surface area (Å²) < 4.78 is 0. The second kappa shape index (κ2) is 5.20. The Morgan fingerprint density at radius 2 is 2.33 bits per heavy atom. The number of piperidine rings is 1. The van der Waals surface area contributed by atoms with Crippen LogP contribution < -0.4 is 10.6 Å². The van der Waals surface area contributed by atoms with Crippen LogP contribution in [0.25, 0.3) is 10.2 Å². The van der Waals surface area contributed by atoms with Crippen molar-refractivity contribution in [3.63, 3.8) is 0 Å². The molecule has 0 bridgehead atoms. The number of aromatic nitrogens is 2. The number of anilines is 1. The minimum Gasteiger partial charge on any atom is -0.353 e. The van der Waals surface area contributed by atoms with E-state index in [4.69, 9.17) is 5.73 Å². The van der Waals surface area contributed by atoms with E-state index >= 15 is 0 Å². The smallest absolute Gasteiger partial charge is 0.141 e. The van der Waals surface area contributed by atoms with Crippen LogP contribution in [0.15, 0.2) is 17.8 Å². The number of rotatable bonds is 3. The van der Waals surface area contributed by atoms with Crippen LogP contribution in [-0.4, -0.2) is 29.1 Å². The number of hydrogen-bond donors (Lipinski definition) is 1. The summed E-state index contributed by atoms with van der Waals surface area (Å²) in [5, 5.41) is 3.27. The van der Waals surface area contributed by atoms with Crippen LogP contribution >= 0.6 is 11.3 Å². The molecule has 1 fully saturated rings. The van der Waals surface area contributed by atoms with E-state index in [0.717, 1.165) is 30.2 Å². The summed E-state index contributed by atoms with van der Waals surface area (Å²) in [6, 6.07) is 2.67. The largest absolute Gasteiger partial charge is 0.353 e. The molecule has 4 nitrogen and oxygen atoms in total. The first-order valence-electron chi connectivity index (χ1n) is 6.55. The van der Waals surface area contributed by atoms with E-state index in [1.165, 1.54) is 24.6 Å². The van der Waals surface area contributed by atoms with Gasteiger partial charge >= 0.3 is 0 Å². The molecule has 1 saturated heterocycles. The predicted molar refractivity (Wildman–Crippen MR) is 76.1 cm³/mol. The lowest BCUT2D eigenvalue weighted by Gasteiger charge is -2.36. The van der Waals surface area contributed by atoms with Crippen molar-refractivity contribution >= 4 is 27.4 Å². The van der Waals surface area contributed by atoms with E-state index in [2.05, 4.69) is 26.3 Å². The van der Waals surface area contributed by atoms with Crippen LogP contribution in [0.4, 0.5) is 5.82 Å². The van der Waals surface area contributed by atoms with Crippen molar-refractivity contribution in [3.8, 4) is 0 Å². The van der Waals surface area contributed by atoms with Gasteiger partial charge in [-0.2, -0.15) is 0 Å². The third-order valence-electron chi connectivity index (χ3n) is 3.64. The van der Waals surface area contributed by atoms with E-state index in [-0.39, 0.29) is 0 Å². The predicted octanol–water partition coefficient (Wildman–Crippen LogP) is 2.40. The fourth-order valence-electron chi connectivity index (χ4n) is 2.78. The van der Waals surface area contributed by atoms with Gasteiger partial charge < -0.3 is 10.6 Å². The Balaban J connectivity index is 1.98. The molecule has 2 N–H and O–H groups in total. The molecule has 1 atom stereocenters. The van der Waals surface area contributed by atoms with Crippen LogP contribution in [0, 0.1) is 0 Å². The highest BCUT2D eigenvalue weighted by Crippen LogP contribution is 2.31. The van der Waals surface area contributed by atoms with Crippen LogP contribution in [0.1, 0.15) is 25.7 Å². The first kappa shape index (κ1) is 11.9. The van der Waals surface area contributed by atoms with E-state index < -0.39 is 0 Å². The van der Waals surface area contributed by atoms with Gasteiger partial charge in [0.1, 0.15) is 17.0 Å². The summed E-state index contributed by atoms with van der Waals surface area (Å²) >= 11 is 1.68.